The van der Waals surface area contributed by atoms with E-state index in [9.17, 15) is 4.79 Å². The molecular weight excluding hydrogens is 272 g/mol. The molecule has 0 unspecified atom stereocenters. The number of amides is 1. The second-order valence-corrected chi connectivity index (χ2v) is 4.85. The highest BCUT2D eigenvalue weighted by Crippen LogP contribution is 2.10. The smallest absolute Gasteiger partial charge is 0.274 e. The van der Waals surface area contributed by atoms with Crippen LogP contribution in [0.4, 0.5) is 5.69 Å². The first kappa shape index (κ1) is 15.3. The van der Waals surface area contributed by atoms with Gasteiger partial charge in [-0.2, -0.15) is 10.4 Å². The summed E-state index contributed by atoms with van der Waals surface area (Å²) in [5.41, 5.74) is 6.33. The lowest BCUT2D eigenvalue weighted by Crippen LogP contribution is -2.43. The van der Waals surface area contributed by atoms with E-state index in [1.807, 2.05) is 0 Å². The van der Waals surface area contributed by atoms with Gasteiger partial charge in [0.25, 0.3) is 5.91 Å². The fraction of sp³-hybridized carbons (Fsp3) is 0.615. The maximum absolute atomic E-state index is 12.4. The Morgan fingerprint density at radius 1 is 1.52 bits per heavy atom. The van der Waals surface area contributed by atoms with Gasteiger partial charge in [-0.05, 0) is 0 Å². The number of carbonyl (C=O) groups excluding carboxylic acids is 1. The molecule has 1 fully saturated rings. The van der Waals surface area contributed by atoms with Crippen molar-refractivity contribution in [3.8, 4) is 6.07 Å². The van der Waals surface area contributed by atoms with E-state index in [0.29, 0.717) is 25.2 Å². The Kier molecular flexibility index (Phi) is 5.54. The number of aromatic nitrogens is 2. The minimum Gasteiger partial charge on any atom is -0.396 e. The Labute approximate surface area is 123 Å². The Morgan fingerprint density at radius 3 is 2.90 bits per heavy atom. The lowest BCUT2D eigenvalue weighted by Gasteiger charge is -2.29. The van der Waals surface area contributed by atoms with Crippen LogP contribution in [0.25, 0.3) is 0 Å². The molecule has 1 amide bonds. The van der Waals surface area contributed by atoms with Crippen LogP contribution in [0.1, 0.15) is 16.9 Å². The van der Waals surface area contributed by atoms with Crippen molar-refractivity contribution in [1.82, 2.24) is 20.0 Å². The molecule has 2 rings (SSSR count). The molecular formula is C13H20N6O2. The Morgan fingerprint density at radius 2 is 2.29 bits per heavy atom. The van der Waals surface area contributed by atoms with Gasteiger partial charge in [-0.1, -0.05) is 0 Å². The molecule has 114 valence electrons. The van der Waals surface area contributed by atoms with Gasteiger partial charge >= 0.3 is 0 Å². The number of anilines is 1. The van der Waals surface area contributed by atoms with Crippen LogP contribution >= 0.6 is 0 Å². The third-order valence-corrected chi connectivity index (χ3v) is 3.45. The number of aromatic amines is 1. The van der Waals surface area contributed by atoms with Crippen molar-refractivity contribution in [1.29, 1.82) is 5.26 Å². The maximum Gasteiger partial charge on any atom is 0.274 e. The van der Waals surface area contributed by atoms with Gasteiger partial charge < -0.3 is 15.4 Å². The summed E-state index contributed by atoms with van der Waals surface area (Å²) in [6.07, 6.45) is 1.71. The summed E-state index contributed by atoms with van der Waals surface area (Å²) < 4.78 is 5.30. The van der Waals surface area contributed by atoms with E-state index in [-0.39, 0.29) is 11.6 Å². The van der Waals surface area contributed by atoms with Crippen LogP contribution in [0.2, 0.25) is 0 Å². The summed E-state index contributed by atoms with van der Waals surface area (Å²) in [6, 6.07) is 2.07. The summed E-state index contributed by atoms with van der Waals surface area (Å²) in [5.74, 6) is -0.214. The fourth-order valence-electron chi connectivity index (χ4n) is 2.21. The second kappa shape index (κ2) is 7.61. The lowest BCUT2D eigenvalue weighted by molar-refractivity contribution is 0.0325. The van der Waals surface area contributed by atoms with Crippen LogP contribution in [-0.4, -0.2) is 71.8 Å². The van der Waals surface area contributed by atoms with E-state index in [2.05, 4.69) is 21.2 Å². The van der Waals surface area contributed by atoms with Crippen molar-refractivity contribution >= 4 is 11.6 Å². The first-order valence-electron chi connectivity index (χ1n) is 6.97. The summed E-state index contributed by atoms with van der Waals surface area (Å²) in [7, 11) is 0. The number of nitriles is 1. The number of nitrogens with two attached hydrogens (primary N) is 1. The Hall–Kier alpha value is -2.11. The third kappa shape index (κ3) is 4.18. The molecule has 0 spiro atoms. The van der Waals surface area contributed by atoms with E-state index < -0.39 is 0 Å². The third-order valence-electron chi connectivity index (χ3n) is 3.45. The van der Waals surface area contributed by atoms with Gasteiger partial charge in [0.15, 0.2) is 0 Å². The number of morpholine rings is 1. The van der Waals surface area contributed by atoms with Crippen molar-refractivity contribution in [2.75, 3.05) is 51.7 Å². The van der Waals surface area contributed by atoms with Crippen LogP contribution in [0.3, 0.4) is 0 Å². The van der Waals surface area contributed by atoms with E-state index in [4.69, 9.17) is 15.7 Å². The van der Waals surface area contributed by atoms with Crippen LogP contribution in [0, 0.1) is 11.3 Å². The average Bonchev–Trinajstić information content (AvgIpc) is 2.94. The number of carbonyl (C=O) groups is 1. The van der Waals surface area contributed by atoms with Gasteiger partial charge in [0.05, 0.1) is 37.6 Å². The maximum atomic E-state index is 12.4. The molecule has 1 aliphatic rings. The molecule has 0 bridgehead atoms. The van der Waals surface area contributed by atoms with Crippen LogP contribution in [-0.2, 0) is 4.74 Å². The molecule has 0 radical (unpaired) electrons. The predicted octanol–water partition coefficient (Wildman–Crippen LogP) is -0.320. The van der Waals surface area contributed by atoms with Crippen LogP contribution < -0.4 is 5.73 Å². The SMILES string of the molecule is N#CCCN(CCN1CCOCC1)C(=O)c1[nH]ncc1N. The summed E-state index contributed by atoms with van der Waals surface area (Å²) in [6.45, 7) is 4.88. The largest absolute Gasteiger partial charge is 0.396 e. The van der Waals surface area contributed by atoms with Gasteiger partial charge in [-0.15, -0.1) is 0 Å². The molecule has 3 N–H and O–H groups in total. The van der Waals surface area contributed by atoms with Crippen molar-refractivity contribution < 1.29 is 9.53 Å². The molecule has 0 aromatic carbocycles. The molecule has 1 aliphatic heterocycles. The number of nitrogen functional groups attached to an aromatic ring is 1. The number of hydrogen-bond acceptors (Lipinski definition) is 6. The predicted molar refractivity (Wildman–Crippen MR) is 76.4 cm³/mol. The molecule has 0 saturated carbocycles. The highest BCUT2D eigenvalue weighted by molar-refractivity contribution is 5.97. The molecule has 0 aliphatic carbocycles. The Bertz CT molecular complexity index is 503. The number of hydrogen-bond donors (Lipinski definition) is 2. The van der Waals surface area contributed by atoms with E-state index >= 15 is 0 Å². The first-order valence-corrected chi connectivity index (χ1v) is 6.97. The fourth-order valence-corrected chi connectivity index (χ4v) is 2.21. The number of ether oxygens (including phenoxy) is 1. The van der Waals surface area contributed by atoms with Crippen LogP contribution in [0.5, 0.6) is 0 Å². The lowest BCUT2D eigenvalue weighted by atomic mass is 10.3. The van der Waals surface area contributed by atoms with Gasteiger partial charge in [-0.25, -0.2) is 0 Å². The van der Waals surface area contributed by atoms with Gasteiger partial charge in [0.1, 0.15) is 5.69 Å². The molecule has 2 heterocycles. The summed E-state index contributed by atoms with van der Waals surface area (Å²) in [5, 5.41) is 15.1. The standard InChI is InChI=1S/C13H20N6O2/c14-2-1-3-19(5-4-18-6-8-21-9-7-18)13(20)12-11(15)10-16-17-12/h10H,1,3-9,15H2,(H,16,17). The van der Waals surface area contributed by atoms with Crippen molar-refractivity contribution in [3.63, 3.8) is 0 Å². The van der Waals surface area contributed by atoms with E-state index in [0.717, 1.165) is 32.8 Å². The normalized spacial score (nSPS) is 15.6. The van der Waals surface area contributed by atoms with Crippen molar-refractivity contribution in [2.45, 2.75) is 6.42 Å². The zero-order valence-electron chi connectivity index (χ0n) is 11.9. The molecule has 1 aromatic heterocycles. The number of H-pyrrole nitrogens is 1. The molecule has 21 heavy (non-hydrogen) atoms. The van der Waals surface area contributed by atoms with Crippen molar-refractivity contribution in [2.24, 2.45) is 0 Å². The van der Waals surface area contributed by atoms with E-state index in [1.165, 1.54) is 6.20 Å². The number of nitrogens with one attached hydrogen (secondary N) is 1. The molecule has 8 heteroatoms. The zero-order chi connectivity index (χ0) is 15.1. The van der Waals surface area contributed by atoms with Gasteiger partial charge in [0, 0.05) is 32.7 Å². The molecule has 8 nitrogen and oxygen atoms in total. The quantitative estimate of drug-likeness (QED) is 0.743. The average molecular weight is 292 g/mol. The van der Waals surface area contributed by atoms with Crippen LogP contribution in [0.15, 0.2) is 6.20 Å². The summed E-state index contributed by atoms with van der Waals surface area (Å²) >= 11 is 0. The van der Waals surface area contributed by atoms with Gasteiger partial charge in [-0.3, -0.25) is 14.8 Å². The number of nitrogens with zero attached hydrogens (tertiary/aromatic N) is 4. The Balaban J connectivity index is 1.95. The molecule has 0 atom stereocenters. The highest BCUT2D eigenvalue weighted by atomic mass is 16.5. The monoisotopic (exact) mass is 292 g/mol. The topological polar surface area (TPSA) is 111 Å². The second-order valence-electron chi connectivity index (χ2n) is 4.85. The molecule has 1 saturated heterocycles. The van der Waals surface area contributed by atoms with Gasteiger partial charge in [0.2, 0.25) is 0 Å². The minimum atomic E-state index is -0.214. The minimum absolute atomic E-state index is 0.214. The first-order chi connectivity index (χ1) is 10.2. The van der Waals surface area contributed by atoms with Crippen molar-refractivity contribution in [3.05, 3.63) is 11.9 Å². The highest BCUT2D eigenvalue weighted by Gasteiger charge is 2.20. The summed E-state index contributed by atoms with van der Waals surface area (Å²) in [4.78, 5) is 16.3. The zero-order valence-corrected chi connectivity index (χ0v) is 11.9. The molecule has 1 aromatic rings. The number of rotatable bonds is 6. The van der Waals surface area contributed by atoms with E-state index in [1.54, 1.807) is 4.90 Å².